The van der Waals surface area contributed by atoms with E-state index in [1.54, 1.807) is 12.1 Å². The van der Waals surface area contributed by atoms with Crippen LogP contribution in [-0.2, 0) is 9.47 Å². The lowest BCUT2D eigenvalue weighted by atomic mass is 10.1. The molecule has 0 radical (unpaired) electrons. The van der Waals surface area contributed by atoms with Crippen molar-refractivity contribution in [3.63, 3.8) is 0 Å². The Morgan fingerprint density at radius 3 is 1.45 bits per heavy atom. The Bertz CT molecular complexity index is 528. The van der Waals surface area contributed by atoms with Crippen molar-refractivity contribution in [3.8, 4) is 12.1 Å². The van der Waals surface area contributed by atoms with Crippen molar-refractivity contribution in [3.05, 3.63) is 35.4 Å². The molecule has 0 N–H and O–H groups in total. The van der Waals surface area contributed by atoms with E-state index in [1.807, 2.05) is 0 Å². The minimum Gasteiger partial charge on any atom is -0.444 e. The van der Waals surface area contributed by atoms with Gasteiger partial charge in [-0.25, -0.2) is 9.59 Å². The summed E-state index contributed by atoms with van der Waals surface area (Å²) in [6.45, 7) is 2.90. The number of hydrogen-bond acceptors (Lipinski definition) is 6. The van der Waals surface area contributed by atoms with Gasteiger partial charge in [-0.05, 0) is 38.1 Å². The number of hydrogen-bond donors (Lipinski definition) is 0. The van der Waals surface area contributed by atoms with Gasteiger partial charge >= 0.3 is 11.9 Å². The highest BCUT2D eigenvalue weighted by Gasteiger charge is 2.14. The van der Waals surface area contributed by atoms with Gasteiger partial charge in [0, 0.05) is 0 Å². The van der Waals surface area contributed by atoms with Crippen molar-refractivity contribution in [1.29, 1.82) is 10.5 Å². The van der Waals surface area contributed by atoms with Gasteiger partial charge in [-0.2, -0.15) is 10.5 Å². The molecule has 0 saturated carbocycles. The monoisotopic (exact) mass is 272 g/mol. The number of carbonyl (C=O) groups is 2. The maximum atomic E-state index is 11.6. The number of carbonyl (C=O) groups excluding carboxylic acids is 2. The Labute approximate surface area is 116 Å². The summed E-state index contributed by atoms with van der Waals surface area (Å²) >= 11 is 0. The molecule has 0 aliphatic rings. The van der Waals surface area contributed by atoms with Crippen LogP contribution in [0, 0.1) is 22.7 Å². The molecule has 20 heavy (non-hydrogen) atoms. The number of rotatable bonds is 4. The van der Waals surface area contributed by atoms with Crippen LogP contribution in [0.4, 0.5) is 0 Å². The third-order valence-corrected chi connectivity index (χ3v) is 2.29. The zero-order valence-electron chi connectivity index (χ0n) is 11.0. The van der Waals surface area contributed by atoms with Crippen LogP contribution in [0.15, 0.2) is 24.3 Å². The summed E-state index contributed by atoms with van der Waals surface area (Å²) in [5.41, 5.74) is 0.439. The van der Waals surface area contributed by atoms with Gasteiger partial charge in [-0.1, -0.05) is 0 Å². The highest BCUT2D eigenvalue weighted by molar-refractivity contribution is 5.93. The van der Waals surface area contributed by atoms with Crippen molar-refractivity contribution in [1.82, 2.24) is 0 Å². The number of ether oxygens (including phenoxy) is 2. The fraction of sp³-hybridized carbons (Fsp3) is 0.286. The molecule has 6 heteroatoms. The van der Waals surface area contributed by atoms with E-state index < -0.39 is 24.1 Å². The first-order valence-corrected chi connectivity index (χ1v) is 5.79. The first-order chi connectivity index (χ1) is 9.47. The van der Waals surface area contributed by atoms with Crippen LogP contribution >= 0.6 is 0 Å². The van der Waals surface area contributed by atoms with Gasteiger partial charge in [-0.15, -0.1) is 0 Å². The van der Waals surface area contributed by atoms with Gasteiger partial charge in [0.1, 0.15) is 12.1 Å². The molecule has 0 spiro atoms. The highest BCUT2D eigenvalue weighted by Crippen LogP contribution is 2.09. The Morgan fingerprint density at radius 2 is 1.20 bits per heavy atom. The molecule has 102 valence electrons. The van der Waals surface area contributed by atoms with E-state index in [0.29, 0.717) is 0 Å². The molecule has 1 aromatic rings. The largest absolute Gasteiger partial charge is 0.444 e. The minimum atomic E-state index is -0.844. The molecular formula is C14H12N2O4. The van der Waals surface area contributed by atoms with Crippen LogP contribution in [0.5, 0.6) is 0 Å². The van der Waals surface area contributed by atoms with Gasteiger partial charge < -0.3 is 9.47 Å². The molecule has 1 aromatic carbocycles. The molecule has 1 rings (SSSR count). The van der Waals surface area contributed by atoms with E-state index in [-0.39, 0.29) is 11.1 Å². The first-order valence-electron chi connectivity index (χ1n) is 5.79. The summed E-state index contributed by atoms with van der Waals surface area (Å²) in [7, 11) is 0. The normalized spacial score (nSPS) is 12.4. The lowest BCUT2D eigenvalue weighted by Crippen LogP contribution is -2.15. The fourth-order valence-corrected chi connectivity index (χ4v) is 1.25. The molecule has 0 heterocycles. The average Bonchev–Trinajstić information content (AvgIpc) is 2.46. The molecule has 2 atom stereocenters. The van der Waals surface area contributed by atoms with Crippen LogP contribution in [0.2, 0.25) is 0 Å². The van der Waals surface area contributed by atoms with Crippen molar-refractivity contribution >= 4 is 11.9 Å². The summed E-state index contributed by atoms with van der Waals surface area (Å²) in [6.07, 6.45) is -1.69. The van der Waals surface area contributed by atoms with E-state index in [9.17, 15) is 9.59 Å². The standard InChI is InChI=1S/C14H12N2O4/c1-9(7-15)19-13(17)11-3-5-12(6-4-11)14(18)20-10(2)8-16/h3-6,9-10H,1-2H3/t9-,10+. The van der Waals surface area contributed by atoms with Crippen LogP contribution in [0.1, 0.15) is 34.6 Å². The van der Waals surface area contributed by atoms with Crippen LogP contribution in [0.3, 0.4) is 0 Å². The second-order valence-electron chi connectivity index (χ2n) is 3.93. The van der Waals surface area contributed by atoms with Crippen LogP contribution in [-0.4, -0.2) is 24.1 Å². The summed E-state index contributed by atoms with van der Waals surface area (Å²) in [6, 6.07) is 9.11. The minimum absolute atomic E-state index is 0.219. The van der Waals surface area contributed by atoms with E-state index >= 15 is 0 Å². The third-order valence-electron chi connectivity index (χ3n) is 2.29. The Balaban J connectivity index is 2.75. The smallest absolute Gasteiger partial charge is 0.339 e. The Kier molecular flexibility index (Phi) is 5.25. The van der Waals surface area contributed by atoms with E-state index in [0.717, 1.165) is 0 Å². The molecule has 0 fully saturated rings. The van der Waals surface area contributed by atoms with Gasteiger partial charge in [-0.3, -0.25) is 0 Å². The molecule has 0 aromatic heterocycles. The SMILES string of the molecule is C[C@H](C#N)OC(=O)c1ccc(C(=O)O[C@@H](C)C#N)cc1. The number of esters is 2. The molecular weight excluding hydrogens is 260 g/mol. The van der Waals surface area contributed by atoms with Crippen molar-refractivity contribution in [2.45, 2.75) is 26.1 Å². The predicted octanol–water partition coefficient (Wildman–Crippen LogP) is 1.82. The van der Waals surface area contributed by atoms with Crippen molar-refractivity contribution in [2.24, 2.45) is 0 Å². The Hall–Kier alpha value is -2.86. The maximum absolute atomic E-state index is 11.6. The predicted molar refractivity (Wildman–Crippen MR) is 67.4 cm³/mol. The van der Waals surface area contributed by atoms with E-state index in [2.05, 4.69) is 0 Å². The Morgan fingerprint density at radius 1 is 0.900 bits per heavy atom. The average molecular weight is 272 g/mol. The van der Waals surface area contributed by atoms with Crippen LogP contribution < -0.4 is 0 Å². The summed E-state index contributed by atoms with van der Waals surface area (Å²) < 4.78 is 9.62. The number of nitriles is 2. The third kappa shape index (κ3) is 4.11. The van der Waals surface area contributed by atoms with Crippen LogP contribution in [0.25, 0.3) is 0 Å². The zero-order chi connectivity index (χ0) is 15.1. The molecule has 0 unspecified atom stereocenters. The molecule has 0 amide bonds. The molecule has 0 aliphatic heterocycles. The molecule has 6 nitrogen and oxygen atoms in total. The zero-order valence-corrected chi connectivity index (χ0v) is 11.0. The van der Waals surface area contributed by atoms with Crippen molar-refractivity contribution in [2.75, 3.05) is 0 Å². The molecule has 0 bridgehead atoms. The summed E-state index contributed by atoms with van der Waals surface area (Å²) in [4.78, 5) is 23.2. The van der Waals surface area contributed by atoms with Crippen molar-refractivity contribution < 1.29 is 19.1 Å². The topological polar surface area (TPSA) is 100 Å². The summed E-state index contributed by atoms with van der Waals surface area (Å²) in [5.74, 6) is -1.30. The van der Waals surface area contributed by atoms with Gasteiger partial charge in [0.25, 0.3) is 0 Å². The summed E-state index contributed by atoms with van der Waals surface area (Å²) in [5, 5.41) is 17.1. The molecule has 0 aliphatic carbocycles. The lowest BCUT2D eigenvalue weighted by Gasteiger charge is -2.07. The van der Waals surface area contributed by atoms with E-state index in [4.69, 9.17) is 20.0 Å². The van der Waals surface area contributed by atoms with Gasteiger partial charge in [0.2, 0.25) is 0 Å². The molecule has 0 saturated heterocycles. The van der Waals surface area contributed by atoms with E-state index in [1.165, 1.54) is 38.1 Å². The lowest BCUT2D eigenvalue weighted by molar-refractivity contribution is 0.0420. The van der Waals surface area contributed by atoms with Gasteiger partial charge in [0.05, 0.1) is 11.1 Å². The first kappa shape index (κ1) is 15.2. The highest BCUT2D eigenvalue weighted by atomic mass is 16.5. The quantitative estimate of drug-likeness (QED) is 0.775. The maximum Gasteiger partial charge on any atom is 0.339 e. The fourth-order valence-electron chi connectivity index (χ4n) is 1.25. The number of benzene rings is 1. The second kappa shape index (κ2) is 6.91. The second-order valence-corrected chi connectivity index (χ2v) is 3.93. The number of nitrogens with zero attached hydrogens (tertiary/aromatic N) is 2. The van der Waals surface area contributed by atoms with Gasteiger partial charge in [0.15, 0.2) is 12.2 Å².